The second-order valence-corrected chi connectivity index (χ2v) is 5.70. The third-order valence-corrected chi connectivity index (χ3v) is 3.80. The largest absolute Gasteiger partial charge is 0.466 e. The SMILES string of the molecule is C=C(C)C[C@@H]1C[C@H](OC)O[C@@H]1[C@H](OC)[C@H](O)CC(=O)OCC. The molecule has 5 atom stereocenters. The zero-order chi connectivity index (χ0) is 16.7. The van der Waals surface area contributed by atoms with Crippen LogP contribution in [-0.2, 0) is 23.7 Å². The first kappa shape index (κ1) is 19.1. The van der Waals surface area contributed by atoms with E-state index < -0.39 is 18.2 Å². The summed E-state index contributed by atoms with van der Waals surface area (Å²) in [5, 5.41) is 10.3. The van der Waals surface area contributed by atoms with Crippen LogP contribution in [0.1, 0.15) is 33.1 Å². The van der Waals surface area contributed by atoms with Crippen molar-refractivity contribution in [3.63, 3.8) is 0 Å². The molecule has 22 heavy (non-hydrogen) atoms. The first-order valence-electron chi connectivity index (χ1n) is 7.62. The average molecular weight is 316 g/mol. The van der Waals surface area contributed by atoms with Crippen LogP contribution in [0.15, 0.2) is 12.2 Å². The lowest BCUT2D eigenvalue weighted by atomic mass is 9.88. The highest BCUT2D eigenvalue weighted by atomic mass is 16.7. The van der Waals surface area contributed by atoms with E-state index >= 15 is 0 Å². The second kappa shape index (κ2) is 9.25. The summed E-state index contributed by atoms with van der Waals surface area (Å²) in [6, 6.07) is 0. The number of allylic oxidation sites excluding steroid dienone is 1. The molecule has 0 aliphatic carbocycles. The number of rotatable bonds is 9. The van der Waals surface area contributed by atoms with E-state index in [2.05, 4.69) is 6.58 Å². The Morgan fingerprint density at radius 3 is 2.64 bits per heavy atom. The highest BCUT2D eigenvalue weighted by Crippen LogP contribution is 2.35. The van der Waals surface area contributed by atoms with Crippen molar-refractivity contribution in [2.75, 3.05) is 20.8 Å². The van der Waals surface area contributed by atoms with Crippen molar-refractivity contribution in [1.82, 2.24) is 0 Å². The molecule has 1 N–H and O–H groups in total. The Kier molecular flexibility index (Phi) is 8.03. The smallest absolute Gasteiger partial charge is 0.308 e. The first-order valence-corrected chi connectivity index (χ1v) is 7.62. The van der Waals surface area contributed by atoms with Gasteiger partial charge in [-0.1, -0.05) is 5.57 Å². The van der Waals surface area contributed by atoms with E-state index in [0.717, 1.165) is 12.0 Å². The zero-order valence-electron chi connectivity index (χ0n) is 13.9. The van der Waals surface area contributed by atoms with E-state index in [1.54, 1.807) is 14.0 Å². The molecule has 0 bridgehead atoms. The van der Waals surface area contributed by atoms with Gasteiger partial charge in [0.25, 0.3) is 0 Å². The third kappa shape index (κ3) is 5.35. The van der Waals surface area contributed by atoms with Gasteiger partial charge in [0.1, 0.15) is 6.10 Å². The van der Waals surface area contributed by atoms with E-state index in [1.165, 1.54) is 7.11 Å². The minimum absolute atomic E-state index is 0.121. The molecule has 1 aliphatic heterocycles. The van der Waals surface area contributed by atoms with Gasteiger partial charge >= 0.3 is 5.97 Å². The quantitative estimate of drug-likeness (QED) is 0.515. The van der Waals surface area contributed by atoms with Crippen LogP contribution >= 0.6 is 0 Å². The van der Waals surface area contributed by atoms with E-state index in [9.17, 15) is 9.90 Å². The van der Waals surface area contributed by atoms with Gasteiger partial charge < -0.3 is 24.1 Å². The summed E-state index contributed by atoms with van der Waals surface area (Å²) in [5.41, 5.74) is 1.03. The van der Waals surface area contributed by atoms with Gasteiger partial charge in [-0.05, 0) is 26.2 Å². The van der Waals surface area contributed by atoms with E-state index in [1.807, 2.05) is 6.92 Å². The Morgan fingerprint density at radius 1 is 1.45 bits per heavy atom. The number of esters is 1. The van der Waals surface area contributed by atoms with Crippen molar-refractivity contribution in [3.8, 4) is 0 Å². The lowest BCUT2D eigenvalue weighted by Crippen LogP contribution is -2.43. The van der Waals surface area contributed by atoms with Gasteiger partial charge in [-0.3, -0.25) is 4.79 Å². The Bertz CT molecular complexity index is 370. The molecule has 0 saturated carbocycles. The normalized spacial score (nSPS) is 27.4. The number of carbonyl (C=O) groups excluding carboxylic acids is 1. The maximum Gasteiger partial charge on any atom is 0.308 e. The van der Waals surface area contributed by atoms with Gasteiger partial charge in [-0.25, -0.2) is 0 Å². The third-order valence-electron chi connectivity index (χ3n) is 3.80. The fourth-order valence-corrected chi connectivity index (χ4v) is 2.88. The van der Waals surface area contributed by atoms with Gasteiger partial charge in [0.15, 0.2) is 6.29 Å². The fraction of sp³-hybridized carbons (Fsp3) is 0.812. The van der Waals surface area contributed by atoms with Crippen LogP contribution in [0.5, 0.6) is 0 Å². The molecule has 1 fully saturated rings. The van der Waals surface area contributed by atoms with Crippen molar-refractivity contribution in [3.05, 3.63) is 12.2 Å². The molecule has 0 unspecified atom stereocenters. The highest BCUT2D eigenvalue weighted by Gasteiger charge is 2.43. The maximum absolute atomic E-state index is 11.6. The average Bonchev–Trinajstić information content (AvgIpc) is 2.82. The predicted molar refractivity (Wildman–Crippen MR) is 81.3 cm³/mol. The van der Waals surface area contributed by atoms with Crippen LogP contribution in [0, 0.1) is 5.92 Å². The van der Waals surface area contributed by atoms with Crippen LogP contribution in [-0.4, -0.2) is 56.5 Å². The molecule has 0 aromatic heterocycles. The van der Waals surface area contributed by atoms with Gasteiger partial charge in [0, 0.05) is 20.6 Å². The summed E-state index contributed by atoms with van der Waals surface area (Å²) in [5.74, 6) is -0.320. The Morgan fingerprint density at radius 2 is 2.14 bits per heavy atom. The number of hydrogen-bond donors (Lipinski definition) is 1. The summed E-state index contributed by atoms with van der Waals surface area (Å²) in [4.78, 5) is 11.6. The molecule has 6 heteroatoms. The minimum atomic E-state index is -0.989. The van der Waals surface area contributed by atoms with Crippen LogP contribution < -0.4 is 0 Å². The molecular weight excluding hydrogens is 288 g/mol. The van der Waals surface area contributed by atoms with Crippen LogP contribution in [0.25, 0.3) is 0 Å². The lowest BCUT2D eigenvalue weighted by Gasteiger charge is -2.30. The van der Waals surface area contributed by atoms with Gasteiger partial charge in [-0.15, -0.1) is 6.58 Å². The maximum atomic E-state index is 11.6. The number of hydrogen-bond acceptors (Lipinski definition) is 6. The van der Waals surface area contributed by atoms with Crippen molar-refractivity contribution >= 4 is 5.97 Å². The molecular formula is C16H28O6. The molecule has 0 aromatic rings. The molecule has 128 valence electrons. The molecule has 0 spiro atoms. The van der Waals surface area contributed by atoms with Crippen molar-refractivity contribution in [1.29, 1.82) is 0 Å². The molecule has 0 aromatic carbocycles. The van der Waals surface area contributed by atoms with Crippen LogP contribution in [0.2, 0.25) is 0 Å². The Hall–Kier alpha value is -0.950. The van der Waals surface area contributed by atoms with Gasteiger partial charge in [0.05, 0.1) is 25.2 Å². The van der Waals surface area contributed by atoms with E-state index in [0.29, 0.717) is 6.42 Å². The van der Waals surface area contributed by atoms with E-state index in [4.69, 9.17) is 18.9 Å². The molecule has 0 radical (unpaired) electrons. The second-order valence-electron chi connectivity index (χ2n) is 5.70. The predicted octanol–water partition coefficient (Wildman–Crippen LogP) is 1.66. The van der Waals surface area contributed by atoms with Gasteiger partial charge in [0.2, 0.25) is 0 Å². The summed E-state index contributed by atoms with van der Waals surface area (Å²) in [6.45, 7) is 7.90. The molecule has 1 rings (SSSR count). The lowest BCUT2D eigenvalue weighted by molar-refractivity contribution is -0.171. The highest BCUT2D eigenvalue weighted by molar-refractivity contribution is 5.70. The van der Waals surface area contributed by atoms with Crippen molar-refractivity contribution < 1.29 is 28.8 Å². The topological polar surface area (TPSA) is 74.2 Å². The van der Waals surface area contributed by atoms with Crippen molar-refractivity contribution in [2.24, 2.45) is 5.92 Å². The molecule has 0 amide bonds. The van der Waals surface area contributed by atoms with E-state index in [-0.39, 0.29) is 31.3 Å². The number of ether oxygens (including phenoxy) is 4. The standard InChI is InChI=1S/C16H28O6/c1-6-21-13(18)9-12(17)16(20-5)15-11(7-10(2)3)8-14(19-4)22-15/h11-12,14-17H,2,6-9H2,1,3-5H3/t11-,12-,14-,15+,16-/m1/s1. The van der Waals surface area contributed by atoms with Crippen LogP contribution in [0.4, 0.5) is 0 Å². The molecule has 6 nitrogen and oxygen atoms in total. The minimum Gasteiger partial charge on any atom is -0.466 e. The summed E-state index contributed by atoms with van der Waals surface area (Å²) in [7, 11) is 3.09. The zero-order valence-corrected chi connectivity index (χ0v) is 13.9. The number of carbonyl (C=O) groups is 1. The number of aliphatic hydroxyl groups is 1. The molecule has 1 aliphatic rings. The first-order chi connectivity index (χ1) is 10.4. The summed E-state index contributed by atoms with van der Waals surface area (Å²) < 4.78 is 21.4. The number of aliphatic hydroxyl groups excluding tert-OH is 1. The fourth-order valence-electron chi connectivity index (χ4n) is 2.88. The summed E-state index contributed by atoms with van der Waals surface area (Å²) >= 11 is 0. The van der Waals surface area contributed by atoms with Gasteiger partial charge in [-0.2, -0.15) is 0 Å². The molecule has 1 saturated heterocycles. The Labute approximate surface area is 132 Å². The monoisotopic (exact) mass is 316 g/mol. The van der Waals surface area contributed by atoms with Crippen LogP contribution in [0.3, 0.4) is 0 Å². The summed E-state index contributed by atoms with van der Waals surface area (Å²) in [6.07, 6.45) is -0.941. The van der Waals surface area contributed by atoms with Crippen molar-refractivity contribution in [2.45, 2.75) is 57.7 Å². The molecule has 1 heterocycles. The Balaban J connectivity index is 2.76. The number of methoxy groups -OCH3 is 2.